The summed E-state index contributed by atoms with van der Waals surface area (Å²) in [6, 6.07) is 8.13. The van der Waals surface area contributed by atoms with Crippen LogP contribution in [0.2, 0.25) is 10.0 Å². The molecule has 0 aliphatic rings. The summed E-state index contributed by atoms with van der Waals surface area (Å²) in [4.78, 5) is 4.30. The molecule has 1 aromatic carbocycles. The number of nitrogens with one attached hydrogen (secondary N) is 1. The van der Waals surface area contributed by atoms with Crippen LogP contribution in [-0.2, 0) is 6.42 Å². The summed E-state index contributed by atoms with van der Waals surface area (Å²) < 4.78 is 13.8. The lowest BCUT2D eigenvalue weighted by molar-refractivity contribution is 0.518. The van der Waals surface area contributed by atoms with Crippen LogP contribution in [0.4, 0.5) is 4.39 Å². The highest BCUT2D eigenvalue weighted by Crippen LogP contribution is 2.22. The molecule has 5 heteroatoms. The predicted molar refractivity (Wildman–Crippen MR) is 80.8 cm³/mol. The average Bonchev–Trinajstić information content (AvgIpc) is 2.43. The quantitative estimate of drug-likeness (QED) is 0.884. The van der Waals surface area contributed by atoms with Gasteiger partial charge in [0.05, 0.1) is 16.8 Å². The maximum Gasteiger partial charge on any atom is 0.126 e. The van der Waals surface area contributed by atoms with E-state index >= 15 is 0 Å². The molecule has 1 atom stereocenters. The average molecular weight is 313 g/mol. The Labute approximate surface area is 127 Å². The van der Waals surface area contributed by atoms with Crippen LogP contribution in [0.25, 0.3) is 0 Å². The Morgan fingerprint density at radius 1 is 1.20 bits per heavy atom. The molecule has 0 saturated carbocycles. The van der Waals surface area contributed by atoms with Gasteiger partial charge < -0.3 is 5.32 Å². The Morgan fingerprint density at radius 2 is 1.95 bits per heavy atom. The number of likely N-dealkylation sites (N-methyl/N-ethyl adjacent to an activating group) is 1. The van der Waals surface area contributed by atoms with E-state index in [9.17, 15) is 4.39 Å². The summed E-state index contributed by atoms with van der Waals surface area (Å²) in [5.74, 6) is -0.258. The Balaban J connectivity index is 2.25. The molecular weight excluding hydrogens is 298 g/mol. The molecule has 0 amide bonds. The summed E-state index contributed by atoms with van der Waals surface area (Å²) >= 11 is 11.8. The van der Waals surface area contributed by atoms with Gasteiger partial charge in [-0.15, -0.1) is 0 Å². The van der Waals surface area contributed by atoms with Crippen molar-refractivity contribution in [1.29, 1.82) is 0 Å². The Hall–Kier alpha value is -1.16. The first-order valence-electron chi connectivity index (χ1n) is 6.39. The molecule has 20 heavy (non-hydrogen) atoms. The van der Waals surface area contributed by atoms with Gasteiger partial charge in [-0.3, -0.25) is 4.98 Å². The monoisotopic (exact) mass is 312 g/mol. The van der Waals surface area contributed by atoms with E-state index in [0.717, 1.165) is 12.2 Å². The number of hydrogen-bond donors (Lipinski definition) is 1. The zero-order chi connectivity index (χ0) is 14.5. The third-order valence-electron chi connectivity index (χ3n) is 2.99. The van der Waals surface area contributed by atoms with Crippen molar-refractivity contribution in [1.82, 2.24) is 10.3 Å². The molecule has 1 unspecified atom stereocenters. The fourth-order valence-corrected chi connectivity index (χ4v) is 2.35. The Morgan fingerprint density at radius 3 is 2.60 bits per heavy atom. The van der Waals surface area contributed by atoms with Gasteiger partial charge >= 0.3 is 0 Å². The van der Waals surface area contributed by atoms with Crippen molar-refractivity contribution in [3.05, 3.63) is 63.6 Å². The van der Waals surface area contributed by atoms with Gasteiger partial charge in [-0.1, -0.05) is 30.1 Å². The molecule has 0 aliphatic heterocycles. The molecule has 0 spiro atoms. The van der Waals surface area contributed by atoms with E-state index in [2.05, 4.69) is 10.3 Å². The number of pyridine rings is 1. The zero-order valence-corrected chi connectivity index (χ0v) is 12.5. The second-order valence-corrected chi connectivity index (χ2v) is 5.32. The smallest absolute Gasteiger partial charge is 0.126 e. The zero-order valence-electron chi connectivity index (χ0n) is 11.0. The van der Waals surface area contributed by atoms with Crippen LogP contribution >= 0.6 is 23.2 Å². The van der Waals surface area contributed by atoms with Crippen molar-refractivity contribution in [2.75, 3.05) is 6.54 Å². The second-order valence-electron chi connectivity index (χ2n) is 4.45. The van der Waals surface area contributed by atoms with Gasteiger partial charge in [-0.2, -0.15) is 0 Å². The highest BCUT2D eigenvalue weighted by molar-refractivity contribution is 6.30. The lowest BCUT2D eigenvalue weighted by atomic mass is 10.0. The van der Waals surface area contributed by atoms with E-state index < -0.39 is 0 Å². The molecule has 106 valence electrons. The molecule has 0 fully saturated rings. The van der Waals surface area contributed by atoms with Gasteiger partial charge in [0.15, 0.2) is 0 Å². The first kappa shape index (κ1) is 15.2. The van der Waals surface area contributed by atoms with Crippen molar-refractivity contribution >= 4 is 23.2 Å². The molecule has 2 rings (SSSR count). The molecular formula is C15H15Cl2FN2. The largest absolute Gasteiger partial charge is 0.309 e. The summed E-state index contributed by atoms with van der Waals surface area (Å²) in [5, 5.41) is 4.41. The van der Waals surface area contributed by atoms with Crippen molar-refractivity contribution in [3.8, 4) is 0 Å². The van der Waals surface area contributed by atoms with Crippen LogP contribution in [0.5, 0.6) is 0 Å². The molecule has 0 bridgehead atoms. The van der Waals surface area contributed by atoms with Gasteiger partial charge in [0.25, 0.3) is 0 Å². The third-order valence-corrected chi connectivity index (χ3v) is 3.45. The Kier molecular flexibility index (Phi) is 5.35. The lowest BCUT2D eigenvalue weighted by Gasteiger charge is -2.18. The van der Waals surface area contributed by atoms with Crippen molar-refractivity contribution in [2.45, 2.75) is 19.4 Å². The number of benzene rings is 1. The molecule has 0 radical (unpaired) electrons. The highest BCUT2D eigenvalue weighted by Gasteiger charge is 2.15. The van der Waals surface area contributed by atoms with Crippen molar-refractivity contribution in [2.24, 2.45) is 0 Å². The number of nitrogens with zero attached hydrogens (tertiary/aromatic N) is 1. The second kappa shape index (κ2) is 7.02. The summed E-state index contributed by atoms with van der Waals surface area (Å²) in [6.07, 6.45) is 2.07. The summed E-state index contributed by atoms with van der Waals surface area (Å²) in [5.41, 5.74) is 1.40. The molecule has 0 aliphatic carbocycles. The number of hydrogen-bond acceptors (Lipinski definition) is 2. The fraction of sp³-hybridized carbons (Fsp3) is 0.267. The van der Waals surface area contributed by atoms with Crippen LogP contribution < -0.4 is 5.32 Å². The van der Waals surface area contributed by atoms with E-state index in [0.29, 0.717) is 22.0 Å². The van der Waals surface area contributed by atoms with E-state index in [1.54, 1.807) is 24.4 Å². The normalized spacial score (nSPS) is 12.4. The van der Waals surface area contributed by atoms with Gasteiger partial charge in [0, 0.05) is 11.2 Å². The molecule has 2 aromatic rings. The van der Waals surface area contributed by atoms with Gasteiger partial charge in [-0.25, -0.2) is 4.39 Å². The topological polar surface area (TPSA) is 24.9 Å². The number of rotatable bonds is 5. The van der Waals surface area contributed by atoms with Crippen molar-refractivity contribution in [3.63, 3.8) is 0 Å². The molecule has 1 N–H and O–H groups in total. The van der Waals surface area contributed by atoms with Crippen LogP contribution in [0, 0.1) is 5.82 Å². The van der Waals surface area contributed by atoms with E-state index in [4.69, 9.17) is 23.2 Å². The maximum atomic E-state index is 13.8. The van der Waals surface area contributed by atoms with Crippen molar-refractivity contribution < 1.29 is 4.39 Å². The van der Waals surface area contributed by atoms with Crippen LogP contribution in [0.1, 0.15) is 24.2 Å². The minimum atomic E-state index is -0.258. The number of aromatic nitrogens is 1. The van der Waals surface area contributed by atoms with Gasteiger partial charge in [-0.05, 0) is 48.9 Å². The van der Waals surface area contributed by atoms with E-state index in [-0.39, 0.29) is 11.9 Å². The van der Waals surface area contributed by atoms with E-state index in [1.165, 1.54) is 6.07 Å². The van der Waals surface area contributed by atoms with E-state index in [1.807, 2.05) is 13.0 Å². The molecule has 2 nitrogen and oxygen atoms in total. The summed E-state index contributed by atoms with van der Waals surface area (Å²) in [7, 11) is 0. The first-order chi connectivity index (χ1) is 9.60. The maximum absolute atomic E-state index is 13.8. The van der Waals surface area contributed by atoms with Crippen LogP contribution in [0.3, 0.4) is 0 Å². The summed E-state index contributed by atoms with van der Waals surface area (Å²) in [6.45, 7) is 2.76. The molecule has 1 heterocycles. The minimum absolute atomic E-state index is 0.0785. The third kappa shape index (κ3) is 3.92. The van der Waals surface area contributed by atoms with Crippen LogP contribution in [0.15, 0.2) is 36.5 Å². The Bertz CT molecular complexity index is 573. The van der Waals surface area contributed by atoms with Gasteiger partial charge in [0.2, 0.25) is 0 Å². The van der Waals surface area contributed by atoms with Gasteiger partial charge in [0.1, 0.15) is 5.82 Å². The highest BCUT2D eigenvalue weighted by atomic mass is 35.5. The standard InChI is InChI=1S/C15H15Cl2FN2/c1-2-19-15(14-6-4-12(17)9-20-14)8-10-7-11(16)3-5-13(10)18/h3-7,9,15,19H,2,8H2,1H3. The number of halogens is 3. The SMILES string of the molecule is CCNC(Cc1cc(Cl)ccc1F)c1ccc(Cl)cn1. The van der Waals surface area contributed by atoms with Crippen LogP contribution in [-0.4, -0.2) is 11.5 Å². The minimum Gasteiger partial charge on any atom is -0.309 e. The fourth-order valence-electron chi connectivity index (χ4n) is 2.04. The molecule has 0 saturated heterocycles. The lowest BCUT2D eigenvalue weighted by Crippen LogP contribution is -2.24. The predicted octanol–water partition coefficient (Wildman–Crippen LogP) is 4.42. The first-order valence-corrected chi connectivity index (χ1v) is 7.14. The molecule has 1 aromatic heterocycles.